The molecule has 2 N–H and O–H groups in total. The van der Waals surface area contributed by atoms with E-state index in [0.717, 1.165) is 15.4 Å². The van der Waals surface area contributed by atoms with E-state index in [9.17, 15) is 22.8 Å². The number of imidazole rings is 1. The lowest BCUT2D eigenvalue weighted by Gasteiger charge is -2.37. The summed E-state index contributed by atoms with van der Waals surface area (Å²) in [6.45, 7) is 0.167. The van der Waals surface area contributed by atoms with Gasteiger partial charge in [0.05, 0.1) is 11.8 Å². The number of hydrogen-bond donors (Lipinski definition) is 1. The molecule has 0 bridgehead atoms. The standard InChI is InChI=1S/C17H11BrF3N4O3/c18-13-4-9(7-28-13)8-3-10(17(19,20)21)15-23-11(6-24(15)5-8)16(27)25-2-1-12(25)14(22)26/h1,3-7,12H,2H2,(H2,22,26). The van der Waals surface area contributed by atoms with Crippen LogP contribution in [0.3, 0.4) is 0 Å². The number of alkyl halides is 3. The van der Waals surface area contributed by atoms with Gasteiger partial charge in [-0.25, -0.2) is 4.98 Å². The van der Waals surface area contributed by atoms with Gasteiger partial charge in [-0.2, -0.15) is 13.2 Å². The van der Waals surface area contributed by atoms with Crippen molar-refractivity contribution in [1.29, 1.82) is 0 Å². The molecule has 4 heterocycles. The zero-order chi connectivity index (χ0) is 20.2. The van der Waals surface area contributed by atoms with Crippen LogP contribution in [0.25, 0.3) is 16.8 Å². The quantitative estimate of drug-likeness (QED) is 0.656. The first-order valence-corrected chi connectivity index (χ1v) is 8.72. The summed E-state index contributed by atoms with van der Waals surface area (Å²) >= 11 is 3.11. The molecule has 0 spiro atoms. The van der Waals surface area contributed by atoms with Crippen LogP contribution in [-0.2, 0) is 11.0 Å². The highest BCUT2D eigenvalue weighted by atomic mass is 79.9. The van der Waals surface area contributed by atoms with E-state index in [1.165, 1.54) is 31.1 Å². The van der Waals surface area contributed by atoms with Crippen LogP contribution in [0, 0.1) is 6.42 Å². The molecule has 2 amide bonds. The molecule has 3 aromatic rings. The van der Waals surface area contributed by atoms with E-state index < -0.39 is 35.2 Å². The van der Waals surface area contributed by atoms with Crippen molar-refractivity contribution in [1.82, 2.24) is 14.3 Å². The van der Waals surface area contributed by atoms with Crippen LogP contribution in [-0.4, -0.2) is 38.7 Å². The number of fused-ring (bicyclic) bond motifs is 1. The molecular weight excluding hydrogens is 445 g/mol. The van der Waals surface area contributed by atoms with Crippen LogP contribution in [0.4, 0.5) is 13.2 Å². The Morgan fingerprint density at radius 1 is 1.25 bits per heavy atom. The summed E-state index contributed by atoms with van der Waals surface area (Å²) < 4.78 is 47.3. The largest absolute Gasteiger partial charge is 0.457 e. The number of carbonyl (C=O) groups excluding carboxylic acids is 2. The van der Waals surface area contributed by atoms with Gasteiger partial charge >= 0.3 is 6.18 Å². The van der Waals surface area contributed by atoms with Gasteiger partial charge in [-0.1, -0.05) is 0 Å². The van der Waals surface area contributed by atoms with Gasteiger partial charge in [0.1, 0.15) is 17.4 Å². The number of nitrogens with zero attached hydrogens (tertiary/aromatic N) is 3. The molecule has 1 unspecified atom stereocenters. The maximum atomic E-state index is 13.6. The number of halogens is 4. The number of nitrogens with two attached hydrogens (primary N) is 1. The number of likely N-dealkylation sites (tertiary alicyclic amines) is 1. The van der Waals surface area contributed by atoms with Crippen molar-refractivity contribution in [2.24, 2.45) is 5.73 Å². The Morgan fingerprint density at radius 2 is 2.00 bits per heavy atom. The summed E-state index contributed by atoms with van der Waals surface area (Å²) in [5.41, 5.74) is 4.23. The summed E-state index contributed by atoms with van der Waals surface area (Å²) in [5, 5.41) is 0. The second kappa shape index (κ2) is 6.36. The Morgan fingerprint density at radius 3 is 2.54 bits per heavy atom. The minimum absolute atomic E-state index is 0.167. The first kappa shape index (κ1) is 18.5. The van der Waals surface area contributed by atoms with Gasteiger partial charge < -0.3 is 19.5 Å². The van der Waals surface area contributed by atoms with Crippen LogP contribution in [0.5, 0.6) is 0 Å². The Kier molecular flexibility index (Phi) is 4.21. The minimum atomic E-state index is -4.69. The molecule has 1 atom stereocenters. The van der Waals surface area contributed by atoms with Gasteiger partial charge in [-0.3, -0.25) is 9.59 Å². The molecule has 1 radical (unpaired) electrons. The molecule has 0 aliphatic carbocycles. The van der Waals surface area contributed by atoms with Crippen LogP contribution in [0.2, 0.25) is 0 Å². The average Bonchev–Trinajstić information content (AvgIpc) is 3.17. The molecule has 1 aliphatic rings. The molecule has 3 aromatic heterocycles. The molecule has 1 aliphatic heterocycles. The molecule has 1 saturated heterocycles. The van der Waals surface area contributed by atoms with Gasteiger partial charge in [0, 0.05) is 36.5 Å². The molecule has 0 saturated carbocycles. The topological polar surface area (TPSA) is 93.8 Å². The molecule has 4 rings (SSSR count). The first-order valence-electron chi connectivity index (χ1n) is 7.93. The van der Waals surface area contributed by atoms with Crippen LogP contribution >= 0.6 is 15.9 Å². The molecule has 145 valence electrons. The van der Waals surface area contributed by atoms with Crippen molar-refractivity contribution in [2.75, 3.05) is 6.54 Å². The molecule has 28 heavy (non-hydrogen) atoms. The third-order valence-corrected chi connectivity index (χ3v) is 4.81. The molecule has 7 nitrogen and oxygen atoms in total. The normalized spacial score (nSPS) is 17.0. The van der Waals surface area contributed by atoms with Crippen molar-refractivity contribution in [3.63, 3.8) is 0 Å². The van der Waals surface area contributed by atoms with Crippen LogP contribution < -0.4 is 5.73 Å². The third kappa shape index (κ3) is 3.05. The summed E-state index contributed by atoms with van der Waals surface area (Å²) in [6.07, 6.45) is 0.763. The molecule has 11 heteroatoms. The summed E-state index contributed by atoms with van der Waals surface area (Å²) in [4.78, 5) is 28.9. The Labute approximate surface area is 164 Å². The van der Waals surface area contributed by atoms with Gasteiger partial charge in [0.15, 0.2) is 4.67 Å². The highest BCUT2D eigenvalue weighted by Crippen LogP contribution is 2.36. The van der Waals surface area contributed by atoms with Gasteiger partial charge in [0.2, 0.25) is 5.91 Å². The number of pyridine rings is 1. The van der Waals surface area contributed by atoms with Gasteiger partial charge in [-0.05, 0) is 28.1 Å². The second-order valence-electron chi connectivity index (χ2n) is 6.18. The van der Waals surface area contributed by atoms with E-state index in [1.807, 2.05) is 0 Å². The van der Waals surface area contributed by atoms with Crippen molar-refractivity contribution in [3.8, 4) is 11.1 Å². The van der Waals surface area contributed by atoms with E-state index in [4.69, 9.17) is 10.2 Å². The smallest absolute Gasteiger partial charge is 0.420 e. The van der Waals surface area contributed by atoms with E-state index >= 15 is 0 Å². The van der Waals surface area contributed by atoms with Crippen molar-refractivity contribution >= 4 is 33.4 Å². The van der Waals surface area contributed by atoms with Crippen molar-refractivity contribution in [3.05, 3.63) is 53.1 Å². The Hall–Kier alpha value is -2.82. The molecule has 0 aromatic carbocycles. The maximum Gasteiger partial charge on any atom is 0.420 e. The second-order valence-corrected chi connectivity index (χ2v) is 6.96. The Bertz CT molecular complexity index is 1100. The van der Waals surface area contributed by atoms with Crippen molar-refractivity contribution in [2.45, 2.75) is 12.2 Å². The van der Waals surface area contributed by atoms with Crippen LogP contribution in [0.1, 0.15) is 16.1 Å². The fraction of sp³-hybridized carbons (Fsp3) is 0.176. The number of furan rings is 1. The number of amides is 2. The number of aromatic nitrogens is 2. The lowest BCUT2D eigenvalue weighted by Crippen LogP contribution is -2.57. The number of rotatable bonds is 3. The zero-order valence-electron chi connectivity index (χ0n) is 13.9. The predicted molar refractivity (Wildman–Crippen MR) is 93.9 cm³/mol. The van der Waals surface area contributed by atoms with Gasteiger partial charge in [0.25, 0.3) is 5.91 Å². The van der Waals surface area contributed by atoms with Gasteiger partial charge in [-0.15, -0.1) is 0 Å². The fourth-order valence-corrected chi connectivity index (χ4v) is 3.31. The first-order chi connectivity index (χ1) is 13.1. The summed E-state index contributed by atoms with van der Waals surface area (Å²) in [6, 6.07) is 1.58. The Balaban J connectivity index is 1.82. The minimum Gasteiger partial charge on any atom is -0.457 e. The fourth-order valence-electron chi connectivity index (χ4n) is 2.97. The number of primary amides is 1. The highest BCUT2D eigenvalue weighted by Gasteiger charge is 2.39. The third-order valence-electron chi connectivity index (χ3n) is 4.39. The van der Waals surface area contributed by atoms with Crippen LogP contribution in [0.15, 0.2) is 39.9 Å². The predicted octanol–water partition coefficient (Wildman–Crippen LogP) is 2.89. The maximum absolute atomic E-state index is 13.6. The summed E-state index contributed by atoms with van der Waals surface area (Å²) in [5.74, 6) is -1.39. The SMILES string of the molecule is NC(=O)C1[CH]CN1C(=O)c1cn2cc(-c3coc(Br)c3)cc(C(F)(F)F)c2n1. The number of hydrogen-bond acceptors (Lipinski definition) is 4. The lowest BCUT2D eigenvalue weighted by molar-refractivity contribution is -0.136. The van der Waals surface area contributed by atoms with E-state index in [2.05, 4.69) is 20.9 Å². The van der Waals surface area contributed by atoms with E-state index in [-0.39, 0.29) is 17.8 Å². The zero-order valence-corrected chi connectivity index (χ0v) is 15.5. The highest BCUT2D eigenvalue weighted by molar-refractivity contribution is 9.10. The lowest BCUT2D eigenvalue weighted by atomic mass is 10.0. The van der Waals surface area contributed by atoms with E-state index in [0.29, 0.717) is 10.2 Å². The summed E-state index contributed by atoms with van der Waals surface area (Å²) in [7, 11) is 0. The van der Waals surface area contributed by atoms with E-state index in [1.54, 1.807) is 0 Å². The van der Waals surface area contributed by atoms with Crippen molar-refractivity contribution < 1.29 is 27.2 Å². The monoisotopic (exact) mass is 455 g/mol. The number of carbonyl (C=O) groups is 2. The molecular formula is C17H11BrF3N4O3. The molecule has 1 fully saturated rings. The average molecular weight is 456 g/mol.